The second-order valence-electron chi connectivity index (χ2n) is 8.21. The van der Waals surface area contributed by atoms with Gasteiger partial charge < -0.3 is 5.11 Å². The Labute approximate surface area is 190 Å². The van der Waals surface area contributed by atoms with E-state index in [1.807, 2.05) is 0 Å². The van der Waals surface area contributed by atoms with E-state index in [4.69, 9.17) is 5.11 Å². The summed E-state index contributed by atoms with van der Waals surface area (Å²) in [4.78, 5) is 10.4. The summed E-state index contributed by atoms with van der Waals surface area (Å²) >= 11 is 0. The van der Waals surface area contributed by atoms with Crippen molar-refractivity contribution in [2.45, 2.75) is 148 Å². The zero-order valence-corrected chi connectivity index (χ0v) is 22.7. The van der Waals surface area contributed by atoms with E-state index in [2.05, 4.69) is 6.92 Å². The summed E-state index contributed by atoms with van der Waals surface area (Å²) < 4.78 is 0. The Balaban J connectivity index is 0. The van der Waals surface area contributed by atoms with Crippen LogP contribution in [0.1, 0.15) is 148 Å². The van der Waals surface area contributed by atoms with E-state index in [1.54, 1.807) is 0 Å². The Hall–Kier alpha value is 0.392. The second kappa shape index (κ2) is 26.4. The summed E-state index contributed by atoms with van der Waals surface area (Å²) in [6.45, 7) is 2.29. The van der Waals surface area contributed by atoms with Crippen LogP contribution in [0.5, 0.6) is 0 Å². The van der Waals surface area contributed by atoms with E-state index in [-0.39, 0.29) is 27.3 Å². The van der Waals surface area contributed by atoms with Crippen molar-refractivity contribution in [2.24, 2.45) is 0 Å². The van der Waals surface area contributed by atoms with Crippen LogP contribution in [0.25, 0.3) is 0 Å². The molecule has 0 aromatic heterocycles. The van der Waals surface area contributed by atoms with E-state index in [0.717, 1.165) is 12.8 Å². The van der Waals surface area contributed by atoms with Gasteiger partial charge in [0, 0.05) is 33.7 Å². The number of carbonyl (C=O) groups is 1. The number of hydrogen-bond acceptors (Lipinski definition) is 1. The van der Waals surface area contributed by atoms with Gasteiger partial charge in [0.2, 0.25) is 0 Å². The first-order valence-corrected chi connectivity index (χ1v) is 12.0. The molecule has 0 aromatic carbocycles. The Kier molecular flexibility index (Phi) is 28.9. The van der Waals surface area contributed by atoms with E-state index in [1.165, 1.54) is 122 Å². The summed E-state index contributed by atoms with van der Waals surface area (Å²) in [5, 5.41) is 8.57. The van der Waals surface area contributed by atoms with Crippen LogP contribution in [0.4, 0.5) is 0 Å². The molecule has 3 heteroatoms. The molecule has 0 heterocycles. The fraction of sp³-hybridized carbons (Fsp3) is 0.958. The molecular formula is C24H48CdO2. The van der Waals surface area contributed by atoms with Crippen molar-refractivity contribution in [1.82, 2.24) is 0 Å². The number of hydrogen-bond donors (Lipinski definition) is 1. The molecule has 0 amide bonds. The van der Waals surface area contributed by atoms with Gasteiger partial charge in [-0.25, -0.2) is 0 Å². The molecule has 0 atom stereocenters. The zero-order chi connectivity index (χ0) is 19.1. The van der Waals surface area contributed by atoms with E-state index >= 15 is 0 Å². The van der Waals surface area contributed by atoms with E-state index < -0.39 is 5.97 Å². The van der Waals surface area contributed by atoms with Gasteiger partial charge in [-0.2, -0.15) is 0 Å². The van der Waals surface area contributed by atoms with Crippen LogP contribution >= 0.6 is 0 Å². The maximum absolute atomic E-state index is 10.4. The van der Waals surface area contributed by atoms with Gasteiger partial charge in [-0.15, -0.1) is 0 Å². The molecule has 0 aliphatic carbocycles. The van der Waals surface area contributed by atoms with Crippen molar-refractivity contribution in [1.29, 1.82) is 0 Å². The third-order valence-electron chi connectivity index (χ3n) is 5.49. The molecule has 0 aromatic rings. The van der Waals surface area contributed by atoms with Crippen LogP contribution in [-0.4, -0.2) is 11.1 Å². The Bertz CT molecular complexity index is 282. The van der Waals surface area contributed by atoms with Gasteiger partial charge in [-0.1, -0.05) is 135 Å². The number of carboxylic acids is 1. The van der Waals surface area contributed by atoms with Gasteiger partial charge in [0.25, 0.3) is 0 Å². The van der Waals surface area contributed by atoms with Crippen LogP contribution in [0.3, 0.4) is 0 Å². The van der Waals surface area contributed by atoms with Crippen LogP contribution < -0.4 is 0 Å². The molecule has 0 spiro atoms. The van der Waals surface area contributed by atoms with Gasteiger partial charge in [0.1, 0.15) is 0 Å². The van der Waals surface area contributed by atoms with Crippen LogP contribution in [0, 0.1) is 0 Å². The number of rotatable bonds is 22. The first-order valence-electron chi connectivity index (χ1n) is 12.0. The minimum absolute atomic E-state index is 0. The first kappa shape index (κ1) is 29.6. The smallest absolute Gasteiger partial charge is 0.303 e. The molecule has 0 rings (SSSR count). The standard InChI is InChI=1S/C24H48O2.Cd/c1-2-3-4-5-6-7-8-9-10-11-12-13-14-15-16-17-18-19-20-21-22-23-24(25)26;/h2-23H2,1H3,(H,25,26);. The maximum atomic E-state index is 10.4. The normalized spacial score (nSPS) is 10.7. The predicted octanol–water partition coefficient (Wildman–Crippen LogP) is 8.67. The fourth-order valence-corrected chi connectivity index (χ4v) is 3.71. The SMILES string of the molecule is CCCCCCCCCCCCCCCCCCCCCCCC(=O)O.[Cd]. The molecule has 1 N–H and O–H groups in total. The van der Waals surface area contributed by atoms with Gasteiger partial charge in [0.05, 0.1) is 0 Å². The van der Waals surface area contributed by atoms with Gasteiger partial charge in [0.15, 0.2) is 0 Å². The molecule has 0 unspecified atom stereocenters. The fourth-order valence-electron chi connectivity index (χ4n) is 3.71. The molecule has 27 heavy (non-hydrogen) atoms. The molecule has 0 saturated heterocycles. The quantitative estimate of drug-likeness (QED) is 0.124. The molecule has 0 fully saturated rings. The molecule has 0 saturated carbocycles. The molecule has 2 nitrogen and oxygen atoms in total. The van der Waals surface area contributed by atoms with Gasteiger partial charge in [-0.05, 0) is 6.42 Å². The topological polar surface area (TPSA) is 37.3 Å². The zero-order valence-electron chi connectivity index (χ0n) is 18.6. The van der Waals surface area contributed by atoms with Crippen molar-refractivity contribution in [3.63, 3.8) is 0 Å². The Morgan fingerprint density at radius 1 is 0.481 bits per heavy atom. The van der Waals surface area contributed by atoms with Gasteiger partial charge >= 0.3 is 5.97 Å². The average Bonchev–Trinajstić information content (AvgIpc) is 2.62. The van der Waals surface area contributed by atoms with Gasteiger partial charge in [-0.3, -0.25) is 4.79 Å². The minimum Gasteiger partial charge on any atom is -0.481 e. The summed E-state index contributed by atoms with van der Waals surface area (Å²) in [5.74, 6) is -0.650. The van der Waals surface area contributed by atoms with Crippen LogP contribution in [0.2, 0.25) is 0 Å². The van der Waals surface area contributed by atoms with E-state index in [0.29, 0.717) is 6.42 Å². The largest absolute Gasteiger partial charge is 0.481 e. The third kappa shape index (κ3) is 28.7. The van der Waals surface area contributed by atoms with Crippen LogP contribution in [0.15, 0.2) is 0 Å². The monoisotopic (exact) mass is 482 g/mol. The average molecular weight is 481 g/mol. The molecular weight excluding hydrogens is 433 g/mol. The number of unbranched alkanes of at least 4 members (excludes halogenated alkanes) is 20. The predicted molar refractivity (Wildman–Crippen MR) is 115 cm³/mol. The Morgan fingerprint density at radius 2 is 0.704 bits per heavy atom. The molecule has 0 aliphatic heterocycles. The number of aliphatic carboxylic acids is 1. The van der Waals surface area contributed by atoms with Crippen molar-refractivity contribution in [2.75, 3.05) is 0 Å². The Morgan fingerprint density at radius 3 is 0.926 bits per heavy atom. The summed E-state index contributed by atoms with van der Waals surface area (Å²) in [6, 6.07) is 0. The summed E-state index contributed by atoms with van der Waals surface area (Å²) in [5.41, 5.74) is 0. The molecule has 0 radical (unpaired) electrons. The second-order valence-corrected chi connectivity index (χ2v) is 8.21. The maximum Gasteiger partial charge on any atom is 0.303 e. The van der Waals surface area contributed by atoms with Crippen molar-refractivity contribution in [3.05, 3.63) is 0 Å². The first-order chi connectivity index (χ1) is 12.8. The summed E-state index contributed by atoms with van der Waals surface area (Å²) in [6.07, 6.45) is 29.1. The molecule has 0 aliphatic rings. The number of carboxylic acid groups (broad SMARTS) is 1. The third-order valence-corrected chi connectivity index (χ3v) is 5.49. The minimum atomic E-state index is -0.650. The van der Waals surface area contributed by atoms with E-state index in [9.17, 15) is 4.79 Å². The molecule has 0 bridgehead atoms. The van der Waals surface area contributed by atoms with Crippen LogP contribution in [-0.2, 0) is 32.1 Å². The van der Waals surface area contributed by atoms with Crippen molar-refractivity contribution in [3.8, 4) is 0 Å². The summed E-state index contributed by atoms with van der Waals surface area (Å²) in [7, 11) is 0. The molecule has 158 valence electrons. The van der Waals surface area contributed by atoms with Crippen molar-refractivity contribution >= 4 is 5.97 Å². The van der Waals surface area contributed by atoms with Crippen molar-refractivity contribution < 1.29 is 37.2 Å².